The van der Waals surface area contributed by atoms with Crippen LogP contribution in [0.4, 0.5) is 5.69 Å². The monoisotopic (exact) mass is 181 g/mol. The van der Waals surface area contributed by atoms with Gasteiger partial charge in [0.05, 0.1) is 18.3 Å². The summed E-state index contributed by atoms with van der Waals surface area (Å²) in [7, 11) is 0. The van der Waals surface area contributed by atoms with Crippen LogP contribution in [-0.2, 0) is 0 Å². The lowest BCUT2D eigenvalue weighted by Crippen LogP contribution is -2.34. The number of hydroxylamine groups is 1. The van der Waals surface area contributed by atoms with Crippen molar-refractivity contribution in [2.75, 3.05) is 11.7 Å². The number of nitrogens with zero attached hydrogens (tertiary/aromatic N) is 1. The van der Waals surface area contributed by atoms with Crippen LogP contribution in [0.5, 0.6) is 0 Å². The van der Waals surface area contributed by atoms with Gasteiger partial charge >= 0.3 is 0 Å². The van der Waals surface area contributed by atoms with Crippen LogP contribution in [0.1, 0.15) is 13.3 Å². The summed E-state index contributed by atoms with van der Waals surface area (Å²) in [6.07, 6.45) is 0.710. The molecular formula is C10H15NO2. The van der Waals surface area contributed by atoms with E-state index in [1.54, 1.807) is 12.1 Å². The number of hydrogen-bond acceptors (Lipinski definition) is 3. The van der Waals surface area contributed by atoms with Crippen LogP contribution in [0.2, 0.25) is 0 Å². The highest BCUT2D eigenvalue weighted by Crippen LogP contribution is 2.14. The number of benzene rings is 1. The van der Waals surface area contributed by atoms with Gasteiger partial charge in [0.15, 0.2) is 0 Å². The minimum atomic E-state index is -0.220. The van der Waals surface area contributed by atoms with Crippen LogP contribution in [0.3, 0.4) is 0 Å². The molecule has 0 aliphatic rings. The molecule has 0 heterocycles. The molecule has 0 unspecified atom stereocenters. The van der Waals surface area contributed by atoms with Gasteiger partial charge in [0.2, 0.25) is 0 Å². The lowest BCUT2D eigenvalue weighted by atomic mass is 10.2. The summed E-state index contributed by atoms with van der Waals surface area (Å²) in [5, 5.41) is 19.7. The number of anilines is 1. The molecule has 1 aromatic rings. The molecule has 0 amide bonds. The van der Waals surface area contributed by atoms with Gasteiger partial charge in [-0.2, -0.15) is 0 Å². The molecule has 0 aliphatic carbocycles. The van der Waals surface area contributed by atoms with Crippen LogP contribution >= 0.6 is 0 Å². The maximum Gasteiger partial charge on any atom is 0.0791 e. The van der Waals surface area contributed by atoms with E-state index in [9.17, 15) is 5.21 Å². The standard InChI is InChI=1S/C10H15NO2/c1-2-9(8-12)11(13)10-6-4-3-5-7-10/h3-7,9,12-13H,2,8H2,1H3/t9-/m0/s1. The third kappa shape index (κ3) is 2.44. The topological polar surface area (TPSA) is 43.7 Å². The average Bonchev–Trinajstić information content (AvgIpc) is 2.21. The van der Waals surface area contributed by atoms with Gasteiger partial charge in [0.25, 0.3) is 0 Å². The molecule has 0 saturated carbocycles. The Bertz CT molecular complexity index is 234. The number of rotatable bonds is 4. The molecule has 0 fully saturated rings. The fourth-order valence-corrected chi connectivity index (χ4v) is 1.17. The molecule has 3 nitrogen and oxygen atoms in total. The minimum absolute atomic E-state index is 0.0398. The van der Waals surface area contributed by atoms with Crippen LogP contribution in [0.15, 0.2) is 30.3 Å². The van der Waals surface area contributed by atoms with Crippen molar-refractivity contribution in [3.8, 4) is 0 Å². The van der Waals surface area contributed by atoms with E-state index in [-0.39, 0.29) is 12.6 Å². The summed E-state index contributed by atoms with van der Waals surface area (Å²) < 4.78 is 0. The second kappa shape index (κ2) is 4.84. The second-order valence-electron chi connectivity index (χ2n) is 2.92. The van der Waals surface area contributed by atoms with Crippen molar-refractivity contribution in [1.82, 2.24) is 0 Å². The smallest absolute Gasteiger partial charge is 0.0791 e. The average molecular weight is 181 g/mol. The Morgan fingerprint density at radius 2 is 1.92 bits per heavy atom. The summed E-state index contributed by atoms with van der Waals surface area (Å²) in [6.45, 7) is 1.88. The van der Waals surface area contributed by atoms with E-state index in [2.05, 4.69) is 0 Å². The Kier molecular flexibility index (Phi) is 3.73. The van der Waals surface area contributed by atoms with Gasteiger partial charge < -0.3 is 5.11 Å². The Morgan fingerprint density at radius 1 is 1.31 bits per heavy atom. The highest BCUT2D eigenvalue weighted by molar-refractivity contribution is 5.43. The molecule has 0 bridgehead atoms. The van der Waals surface area contributed by atoms with Gasteiger partial charge in [-0.05, 0) is 18.6 Å². The molecule has 2 N–H and O–H groups in total. The van der Waals surface area contributed by atoms with Crippen LogP contribution in [0, 0.1) is 0 Å². The largest absolute Gasteiger partial charge is 0.394 e. The lowest BCUT2D eigenvalue weighted by molar-refractivity contribution is 0.157. The molecule has 1 rings (SSSR count). The Labute approximate surface area is 78.2 Å². The third-order valence-electron chi connectivity index (χ3n) is 2.05. The molecule has 3 heteroatoms. The normalized spacial score (nSPS) is 12.5. The predicted octanol–water partition coefficient (Wildman–Crippen LogP) is 1.65. The zero-order valence-corrected chi connectivity index (χ0v) is 7.72. The summed E-state index contributed by atoms with van der Waals surface area (Å²) in [6, 6.07) is 8.97. The maximum atomic E-state index is 9.65. The maximum absolute atomic E-state index is 9.65. The van der Waals surface area contributed by atoms with Crippen molar-refractivity contribution in [1.29, 1.82) is 0 Å². The molecule has 1 aromatic carbocycles. The summed E-state index contributed by atoms with van der Waals surface area (Å²) >= 11 is 0. The van der Waals surface area contributed by atoms with Gasteiger partial charge in [-0.15, -0.1) is 0 Å². The van der Waals surface area contributed by atoms with Crippen LogP contribution in [0.25, 0.3) is 0 Å². The van der Waals surface area contributed by atoms with E-state index < -0.39 is 0 Å². The number of aliphatic hydroxyl groups excluding tert-OH is 1. The van der Waals surface area contributed by atoms with Crippen LogP contribution < -0.4 is 5.06 Å². The van der Waals surface area contributed by atoms with Crippen molar-refractivity contribution in [2.24, 2.45) is 0 Å². The van der Waals surface area contributed by atoms with E-state index in [0.717, 1.165) is 5.06 Å². The molecular weight excluding hydrogens is 166 g/mol. The first-order valence-electron chi connectivity index (χ1n) is 4.43. The SMILES string of the molecule is CC[C@@H](CO)N(O)c1ccccc1. The number of aliphatic hydroxyl groups is 1. The second-order valence-corrected chi connectivity index (χ2v) is 2.92. The highest BCUT2D eigenvalue weighted by atomic mass is 16.5. The number of hydrogen-bond donors (Lipinski definition) is 2. The first-order valence-corrected chi connectivity index (χ1v) is 4.43. The quantitative estimate of drug-likeness (QED) is 0.694. The van der Waals surface area contributed by atoms with E-state index in [1.807, 2.05) is 25.1 Å². The van der Waals surface area contributed by atoms with E-state index in [0.29, 0.717) is 12.1 Å². The molecule has 72 valence electrons. The first-order chi connectivity index (χ1) is 6.29. The molecule has 1 atom stereocenters. The molecule has 0 aliphatic heterocycles. The van der Waals surface area contributed by atoms with Crippen molar-refractivity contribution in [2.45, 2.75) is 19.4 Å². The van der Waals surface area contributed by atoms with E-state index >= 15 is 0 Å². The molecule has 0 saturated heterocycles. The summed E-state index contributed by atoms with van der Waals surface area (Å²) in [4.78, 5) is 0. The summed E-state index contributed by atoms with van der Waals surface area (Å²) in [5.74, 6) is 0. The zero-order chi connectivity index (χ0) is 9.68. The predicted molar refractivity (Wildman–Crippen MR) is 51.9 cm³/mol. The van der Waals surface area contributed by atoms with Crippen molar-refractivity contribution < 1.29 is 10.3 Å². The van der Waals surface area contributed by atoms with Gasteiger partial charge in [-0.1, -0.05) is 25.1 Å². The molecule has 13 heavy (non-hydrogen) atoms. The third-order valence-corrected chi connectivity index (χ3v) is 2.05. The van der Waals surface area contributed by atoms with E-state index in [4.69, 9.17) is 5.11 Å². The summed E-state index contributed by atoms with van der Waals surface area (Å²) in [5.41, 5.74) is 0.711. The van der Waals surface area contributed by atoms with Gasteiger partial charge in [-0.25, -0.2) is 0 Å². The van der Waals surface area contributed by atoms with Gasteiger partial charge in [0, 0.05) is 0 Å². The van der Waals surface area contributed by atoms with Crippen molar-refractivity contribution >= 4 is 5.69 Å². The van der Waals surface area contributed by atoms with Crippen molar-refractivity contribution in [3.63, 3.8) is 0 Å². The first kappa shape index (κ1) is 10.0. The van der Waals surface area contributed by atoms with Gasteiger partial charge in [0.1, 0.15) is 0 Å². The fourth-order valence-electron chi connectivity index (χ4n) is 1.17. The van der Waals surface area contributed by atoms with E-state index in [1.165, 1.54) is 0 Å². The lowest BCUT2D eigenvalue weighted by Gasteiger charge is -2.24. The molecule has 0 spiro atoms. The number of para-hydroxylation sites is 1. The van der Waals surface area contributed by atoms with Crippen LogP contribution in [-0.4, -0.2) is 23.0 Å². The minimum Gasteiger partial charge on any atom is -0.394 e. The Morgan fingerprint density at radius 3 is 2.38 bits per heavy atom. The van der Waals surface area contributed by atoms with Crippen molar-refractivity contribution in [3.05, 3.63) is 30.3 Å². The zero-order valence-electron chi connectivity index (χ0n) is 7.72. The fraction of sp³-hybridized carbons (Fsp3) is 0.400. The van der Waals surface area contributed by atoms with Gasteiger partial charge in [-0.3, -0.25) is 10.3 Å². The molecule has 0 radical (unpaired) electrons. The Balaban J connectivity index is 2.72. The molecule has 0 aromatic heterocycles. The Hall–Kier alpha value is -1.06. The highest BCUT2D eigenvalue weighted by Gasteiger charge is 2.13.